The molecule has 1 aliphatic carbocycles. The van der Waals surface area contributed by atoms with Gasteiger partial charge < -0.3 is 0 Å². The molecule has 2 aliphatic rings. The minimum atomic E-state index is 0.463. The van der Waals surface area contributed by atoms with E-state index in [1.54, 1.807) is 0 Å². The standard InChI is InChI=1S/C34H22N2S/c1-3-14-27-24(11-1)25-12-2-4-15-28(25)33-32(27)35-20-30(36-33)22-10-7-9-21(19-22)23-16-8-17-29-26-13-5-6-18-31(26)37-34(23)29/h1-16,18-20,29H,17H2. The summed E-state index contributed by atoms with van der Waals surface area (Å²) in [7, 11) is 0. The molecular weight excluding hydrogens is 468 g/mol. The number of fused-ring (bicyclic) bond motifs is 9. The van der Waals surface area contributed by atoms with Crippen molar-refractivity contribution in [2.45, 2.75) is 17.2 Å². The van der Waals surface area contributed by atoms with Gasteiger partial charge in [-0.1, -0.05) is 109 Å². The number of hydrogen-bond donors (Lipinski definition) is 0. The Morgan fingerprint density at radius 3 is 2.22 bits per heavy atom. The topological polar surface area (TPSA) is 25.8 Å². The van der Waals surface area contributed by atoms with Crippen LogP contribution in [0.1, 0.15) is 23.5 Å². The highest BCUT2D eigenvalue weighted by Gasteiger charge is 2.31. The van der Waals surface area contributed by atoms with Crippen LogP contribution >= 0.6 is 11.8 Å². The monoisotopic (exact) mass is 490 g/mol. The van der Waals surface area contributed by atoms with Crippen molar-refractivity contribution >= 4 is 49.9 Å². The number of rotatable bonds is 2. The molecule has 0 bridgehead atoms. The third kappa shape index (κ3) is 3.21. The van der Waals surface area contributed by atoms with E-state index in [2.05, 4.69) is 109 Å². The second-order valence-electron chi connectivity index (χ2n) is 9.73. The molecule has 0 fully saturated rings. The molecule has 0 radical (unpaired) electrons. The van der Waals surface area contributed by atoms with Gasteiger partial charge >= 0.3 is 0 Å². The van der Waals surface area contributed by atoms with Gasteiger partial charge in [0.05, 0.1) is 22.9 Å². The van der Waals surface area contributed by atoms with Crippen LogP contribution in [0.25, 0.3) is 49.4 Å². The predicted octanol–water partition coefficient (Wildman–Crippen LogP) is 9.16. The molecule has 1 unspecified atom stereocenters. The molecule has 37 heavy (non-hydrogen) atoms. The van der Waals surface area contributed by atoms with Gasteiger partial charge in [-0.3, -0.25) is 4.98 Å². The van der Waals surface area contributed by atoms with E-state index in [4.69, 9.17) is 9.97 Å². The maximum atomic E-state index is 5.21. The second-order valence-corrected chi connectivity index (χ2v) is 10.8. The molecule has 1 aliphatic heterocycles. The third-order valence-electron chi connectivity index (χ3n) is 7.65. The maximum absolute atomic E-state index is 5.21. The average molecular weight is 491 g/mol. The minimum absolute atomic E-state index is 0.463. The quantitative estimate of drug-likeness (QED) is 0.226. The molecule has 5 aromatic carbocycles. The minimum Gasteiger partial charge on any atom is -0.252 e. The third-order valence-corrected chi connectivity index (χ3v) is 8.97. The zero-order chi connectivity index (χ0) is 24.3. The zero-order valence-corrected chi connectivity index (χ0v) is 20.9. The van der Waals surface area contributed by atoms with Gasteiger partial charge in [-0.2, -0.15) is 0 Å². The average Bonchev–Trinajstić information content (AvgIpc) is 3.36. The number of hydrogen-bond acceptors (Lipinski definition) is 3. The van der Waals surface area contributed by atoms with Crippen LogP contribution in [0.5, 0.6) is 0 Å². The van der Waals surface area contributed by atoms with E-state index in [0.29, 0.717) is 5.92 Å². The van der Waals surface area contributed by atoms with Crippen LogP contribution in [0.4, 0.5) is 0 Å². The Hall–Kier alpha value is -4.21. The molecule has 6 aromatic rings. The smallest absolute Gasteiger partial charge is 0.0979 e. The lowest BCUT2D eigenvalue weighted by Crippen LogP contribution is -2.01. The summed E-state index contributed by atoms with van der Waals surface area (Å²) in [5, 5.41) is 4.72. The van der Waals surface area contributed by atoms with E-state index in [1.165, 1.54) is 37.3 Å². The van der Waals surface area contributed by atoms with Crippen molar-refractivity contribution in [1.82, 2.24) is 9.97 Å². The molecule has 0 N–H and O–H groups in total. The Morgan fingerprint density at radius 1 is 0.676 bits per heavy atom. The van der Waals surface area contributed by atoms with Gasteiger partial charge in [0.25, 0.3) is 0 Å². The lowest BCUT2D eigenvalue weighted by atomic mass is 9.87. The molecule has 1 atom stereocenters. The van der Waals surface area contributed by atoms with Crippen molar-refractivity contribution < 1.29 is 0 Å². The number of thioether (sulfide) groups is 1. The van der Waals surface area contributed by atoms with Crippen LogP contribution in [0, 0.1) is 0 Å². The fraction of sp³-hybridized carbons (Fsp3) is 0.0588. The second kappa shape index (κ2) is 8.16. The normalized spacial score (nSPS) is 16.5. The Morgan fingerprint density at radius 2 is 1.38 bits per heavy atom. The first-order valence-electron chi connectivity index (χ1n) is 12.7. The van der Waals surface area contributed by atoms with Crippen LogP contribution in [0.3, 0.4) is 0 Å². The number of allylic oxidation sites excluding steroid dienone is 4. The summed E-state index contributed by atoms with van der Waals surface area (Å²) >= 11 is 1.93. The van der Waals surface area contributed by atoms with Gasteiger partial charge in [0.1, 0.15) is 0 Å². The number of aromatic nitrogens is 2. The summed E-state index contributed by atoms with van der Waals surface area (Å²) in [6, 6.07) is 34.6. The van der Waals surface area contributed by atoms with E-state index >= 15 is 0 Å². The van der Waals surface area contributed by atoms with Crippen molar-refractivity contribution in [3.05, 3.63) is 131 Å². The molecule has 2 heterocycles. The highest BCUT2D eigenvalue weighted by molar-refractivity contribution is 8.03. The summed E-state index contributed by atoms with van der Waals surface area (Å²) in [5.74, 6) is 0.463. The molecule has 0 amide bonds. The summed E-state index contributed by atoms with van der Waals surface area (Å²) < 4.78 is 0. The fourth-order valence-electron chi connectivity index (χ4n) is 5.92. The van der Waals surface area contributed by atoms with Crippen LogP contribution in [0.15, 0.2) is 125 Å². The van der Waals surface area contributed by atoms with Crippen LogP contribution < -0.4 is 0 Å². The van der Waals surface area contributed by atoms with Gasteiger partial charge in [-0.05, 0) is 46.0 Å². The van der Waals surface area contributed by atoms with Crippen LogP contribution in [-0.2, 0) is 0 Å². The first-order chi connectivity index (χ1) is 18.3. The van der Waals surface area contributed by atoms with Crippen molar-refractivity contribution in [1.29, 1.82) is 0 Å². The molecule has 0 saturated heterocycles. The first-order valence-corrected chi connectivity index (χ1v) is 13.5. The Balaban J connectivity index is 1.29. The first kappa shape index (κ1) is 20.9. The van der Waals surface area contributed by atoms with Gasteiger partial charge in [0.15, 0.2) is 0 Å². The molecule has 0 saturated carbocycles. The summed E-state index contributed by atoms with van der Waals surface area (Å²) in [4.78, 5) is 13.0. The number of benzene rings is 5. The van der Waals surface area contributed by atoms with Gasteiger partial charge in [0, 0.05) is 32.1 Å². The lowest BCUT2D eigenvalue weighted by Gasteiger charge is -2.19. The van der Waals surface area contributed by atoms with Crippen molar-refractivity contribution in [2.75, 3.05) is 0 Å². The fourth-order valence-corrected chi connectivity index (χ4v) is 7.29. The molecule has 0 spiro atoms. The molecule has 1 aromatic heterocycles. The number of nitrogens with zero attached hydrogens (tertiary/aromatic N) is 2. The summed E-state index contributed by atoms with van der Waals surface area (Å²) in [6.45, 7) is 0. The van der Waals surface area contributed by atoms with Gasteiger partial charge in [-0.15, -0.1) is 0 Å². The van der Waals surface area contributed by atoms with E-state index in [9.17, 15) is 0 Å². The van der Waals surface area contributed by atoms with Gasteiger partial charge in [0.2, 0.25) is 0 Å². The lowest BCUT2D eigenvalue weighted by molar-refractivity contribution is 0.841. The van der Waals surface area contributed by atoms with Crippen molar-refractivity contribution in [3.8, 4) is 11.3 Å². The van der Waals surface area contributed by atoms with Gasteiger partial charge in [-0.25, -0.2) is 4.98 Å². The molecule has 2 nitrogen and oxygen atoms in total. The molecular formula is C34H22N2S. The Kier molecular flexibility index (Phi) is 4.61. The predicted molar refractivity (Wildman–Crippen MR) is 156 cm³/mol. The molecule has 8 rings (SSSR count). The van der Waals surface area contributed by atoms with E-state index in [1.807, 2.05) is 18.0 Å². The van der Waals surface area contributed by atoms with Crippen LogP contribution in [-0.4, -0.2) is 9.97 Å². The van der Waals surface area contributed by atoms with Crippen LogP contribution in [0.2, 0.25) is 0 Å². The summed E-state index contributed by atoms with van der Waals surface area (Å²) in [6.07, 6.45) is 7.63. The molecule has 174 valence electrons. The highest BCUT2D eigenvalue weighted by Crippen LogP contribution is 2.54. The summed E-state index contributed by atoms with van der Waals surface area (Å²) in [5.41, 5.74) is 7.92. The van der Waals surface area contributed by atoms with E-state index < -0.39 is 0 Å². The largest absolute Gasteiger partial charge is 0.252 e. The Bertz CT molecular complexity index is 1910. The zero-order valence-electron chi connectivity index (χ0n) is 20.1. The van der Waals surface area contributed by atoms with E-state index in [-0.39, 0.29) is 0 Å². The van der Waals surface area contributed by atoms with E-state index in [0.717, 1.165) is 39.5 Å². The van der Waals surface area contributed by atoms with Crippen molar-refractivity contribution in [2.24, 2.45) is 0 Å². The highest BCUT2D eigenvalue weighted by atomic mass is 32.2. The Labute approximate surface area is 219 Å². The molecule has 3 heteroatoms. The maximum Gasteiger partial charge on any atom is 0.0979 e. The SMILES string of the molecule is C1=CC(c2cccc(-c3cnc4c5ccccc5c5ccccc5c4n3)c2)=C2Sc3ccccc3C2C1. The van der Waals surface area contributed by atoms with Crippen molar-refractivity contribution in [3.63, 3.8) is 0 Å².